The van der Waals surface area contributed by atoms with Gasteiger partial charge in [-0.15, -0.1) is 0 Å². The molecule has 0 N–H and O–H groups in total. The molecule has 0 amide bonds. The standard InChI is InChI=1S/C18H22O/c1-3-7-15(8-4-1)11-12-17-13-14-18(19-17)16-9-5-2-6-10-16/h1,3-4,7-8,13-14,16H,2,5-6,9-12H2. The molecule has 1 fully saturated rings. The summed E-state index contributed by atoms with van der Waals surface area (Å²) in [6.07, 6.45) is 8.83. The van der Waals surface area contributed by atoms with Crippen molar-refractivity contribution in [3.8, 4) is 0 Å². The molecule has 100 valence electrons. The van der Waals surface area contributed by atoms with Gasteiger partial charge in [-0.2, -0.15) is 0 Å². The van der Waals surface area contributed by atoms with E-state index in [1.165, 1.54) is 43.4 Å². The van der Waals surface area contributed by atoms with Gasteiger partial charge in [-0.3, -0.25) is 0 Å². The van der Waals surface area contributed by atoms with Crippen LogP contribution in [0.15, 0.2) is 46.9 Å². The zero-order chi connectivity index (χ0) is 12.9. The molecule has 0 aliphatic heterocycles. The maximum absolute atomic E-state index is 6.04. The van der Waals surface area contributed by atoms with E-state index < -0.39 is 0 Å². The van der Waals surface area contributed by atoms with Crippen LogP contribution in [0.3, 0.4) is 0 Å². The minimum atomic E-state index is 0.680. The average molecular weight is 254 g/mol. The van der Waals surface area contributed by atoms with Gasteiger partial charge in [0.2, 0.25) is 0 Å². The highest BCUT2D eigenvalue weighted by Crippen LogP contribution is 2.33. The average Bonchev–Trinajstić information content (AvgIpc) is 2.96. The van der Waals surface area contributed by atoms with E-state index >= 15 is 0 Å². The van der Waals surface area contributed by atoms with Gasteiger partial charge in [0.25, 0.3) is 0 Å². The lowest BCUT2D eigenvalue weighted by Gasteiger charge is -2.19. The van der Waals surface area contributed by atoms with E-state index in [-0.39, 0.29) is 0 Å². The molecule has 1 aliphatic carbocycles. The highest BCUT2D eigenvalue weighted by atomic mass is 16.3. The van der Waals surface area contributed by atoms with Crippen LogP contribution in [0, 0.1) is 0 Å². The Balaban J connectivity index is 1.58. The summed E-state index contributed by atoms with van der Waals surface area (Å²) in [5.41, 5.74) is 1.39. The van der Waals surface area contributed by atoms with E-state index in [4.69, 9.17) is 4.42 Å². The van der Waals surface area contributed by atoms with Crippen LogP contribution in [0.25, 0.3) is 0 Å². The van der Waals surface area contributed by atoms with Crippen molar-refractivity contribution in [1.82, 2.24) is 0 Å². The van der Waals surface area contributed by atoms with Gasteiger partial charge >= 0.3 is 0 Å². The van der Waals surface area contributed by atoms with E-state index in [0.29, 0.717) is 5.92 Å². The van der Waals surface area contributed by atoms with E-state index in [2.05, 4.69) is 42.5 Å². The molecule has 1 heteroatoms. The zero-order valence-corrected chi connectivity index (χ0v) is 11.5. The lowest BCUT2D eigenvalue weighted by molar-refractivity contribution is 0.362. The van der Waals surface area contributed by atoms with Crippen LogP contribution in [0.2, 0.25) is 0 Å². The summed E-state index contributed by atoms with van der Waals surface area (Å²) >= 11 is 0. The second kappa shape index (κ2) is 6.10. The van der Waals surface area contributed by atoms with Gasteiger partial charge in [0.05, 0.1) is 0 Å². The fourth-order valence-corrected chi connectivity index (χ4v) is 3.05. The largest absolute Gasteiger partial charge is 0.466 e. The maximum Gasteiger partial charge on any atom is 0.107 e. The van der Waals surface area contributed by atoms with Gasteiger partial charge < -0.3 is 4.42 Å². The molecular formula is C18H22O. The SMILES string of the molecule is c1ccc(CCc2ccc(C3CCCCC3)o2)cc1. The molecule has 0 saturated heterocycles. The number of benzene rings is 1. The first kappa shape index (κ1) is 12.5. The summed E-state index contributed by atoms with van der Waals surface area (Å²) in [5, 5.41) is 0. The third kappa shape index (κ3) is 3.28. The third-order valence-corrected chi connectivity index (χ3v) is 4.19. The highest BCUT2D eigenvalue weighted by molar-refractivity contribution is 5.17. The molecule has 1 aliphatic rings. The summed E-state index contributed by atoms with van der Waals surface area (Å²) in [7, 11) is 0. The summed E-state index contributed by atoms with van der Waals surface area (Å²) < 4.78 is 6.04. The van der Waals surface area contributed by atoms with E-state index in [9.17, 15) is 0 Å². The molecule has 1 heterocycles. The Kier molecular flexibility index (Phi) is 4.02. The summed E-state index contributed by atoms with van der Waals surface area (Å²) in [6.45, 7) is 0. The number of rotatable bonds is 4. The second-order valence-corrected chi connectivity index (χ2v) is 5.62. The van der Waals surface area contributed by atoms with Gasteiger partial charge in [0.15, 0.2) is 0 Å². The molecule has 0 bridgehead atoms. The maximum atomic E-state index is 6.04. The smallest absolute Gasteiger partial charge is 0.107 e. The topological polar surface area (TPSA) is 13.1 Å². The van der Waals surface area contributed by atoms with Crippen LogP contribution >= 0.6 is 0 Å². The van der Waals surface area contributed by atoms with E-state index in [1.54, 1.807) is 0 Å². The molecule has 2 aromatic rings. The van der Waals surface area contributed by atoms with Crippen LogP contribution < -0.4 is 0 Å². The van der Waals surface area contributed by atoms with Gasteiger partial charge in [-0.1, -0.05) is 49.6 Å². The first-order valence-electron chi connectivity index (χ1n) is 7.54. The molecule has 1 nitrogen and oxygen atoms in total. The normalized spacial score (nSPS) is 16.6. The number of aryl methyl sites for hydroxylation is 2. The lowest BCUT2D eigenvalue weighted by Crippen LogP contribution is -2.03. The van der Waals surface area contributed by atoms with Crippen molar-refractivity contribution in [3.05, 3.63) is 59.5 Å². The fraction of sp³-hybridized carbons (Fsp3) is 0.444. The predicted molar refractivity (Wildman–Crippen MR) is 78.4 cm³/mol. The Morgan fingerprint density at radius 2 is 1.63 bits per heavy atom. The first-order valence-corrected chi connectivity index (χ1v) is 7.54. The van der Waals surface area contributed by atoms with Crippen molar-refractivity contribution >= 4 is 0 Å². The van der Waals surface area contributed by atoms with E-state index in [0.717, 1.165) is 18.6 Å². The molecule has 0 atom stereocenters. The van der Waals surface area contributed by atoms with Crippen molar-refractivity contribution in [2.24, 2.45) is 0 Å². The van der Waals surface area contributed by atoms with E-state index in [1.807, 2.05) is 0 Å². The monoisotopic (exact) mass is 254 g/mol. The molecule has 1 saturated carbocycles. The first-order chi connectivity index (χ1) is 9.42. The molecule has 3 rings (SSSR count). The van der Waals surface area contributed by atoms with Crippen LogP contribution in [0.1, 0.15) is 55.1 Å². The molecule has 1 aromatic heterocycles. The molecular weight excluding hydrogens is 232 g/mol. The minimum absolute atomic E-state index is 0.680. The summed E-state index contributed by atoms with van der Waals surface area (Å²) in [4.78, 5) is 0. The Labute approximate surface area is 115 Å². The summed E-state index contributed by atoms with van der Waals surface area (Å²) in [5.74, 6) is 3.05. The van der Waals surface area contributed by atoms with Crippen LogP contribution in [0.5, 0.6) is 0 Å². The van der Waals surface area contributed by atoms with Gasteiger partial charge in [-0.25, -0.2) is 0 Å². The summed E-state index contributed by atoms with van der Waals surface area (Å²) in [6, 6.07) is 15.0. The Bertz CT molecular complexity index is 491. The lowest BCUT2D eigenvalue weighted by atomic mass is 9.88. The van der Waals surface area contributed by atoms with Gasteiger partial charge in [0, 0.05) is 12.3 Å². The number of furan rings is 1. The number of hydrogen-bond donors (Lipinski definition) is 0. The molecule has 0 unspecified atom stereocenters. The second-order valence-electron chi connectivity index (χ2n) is 5.62. The van der Waals surface area contributed by atoms with Gasteiger partial charge in [0.1, 0.15) is 11.5 Å². The van der Waals surface area contributed by atoms with Crippen molar-refractivity contribution in [1.29, 1.82) is 0 Å². The minimum Gasteiger partial charge on any atom is -0.466 e. The third-order valence-electron chi connectivity index (χ3n) is 4.19. The van der Waals surface area contributed by atoms with Crippen molar-refractivity contribution < 1.29 is 4.42 Å². The molecule has 1 aromatic carbocycles. The van der Waals surface area contributed by atoms with Gasteiger partial charge in [-0.05, 0) is 37.0 Å². The van der Waals surface area contributed by atoms with Crippen LogP contribution in [-0.4, -0.2) is 0 Å². The van der Waals surface area contributed by atoms with Crippen molar-refractivity contribution in [2.45, 2.75) is 50.9 Å². The quantitative estimate of drug-likeness (QED) is 0.738. The Morgan fingerprint density at radius 3 is 2.42 bits per heavy atom. The predicted octanol–water partition coefficient (Wildman–Crippen LogP) is 5.11. The molecule has 19 heavy (non-hydrogen) atoms. The molecule has 0 radical (unpaired) electrons. The fourth-order valence-electron chi connectivity index (χ4n) is 3.05. The number of hydrogen-bond acceptors (Lipinski definition) is 1. The van der Waals surface area contributed by atoms with Crippen LogP contribution in [0.4, 0.5) is 0 Å². The van der Waals surface area contributed by atoms with Crippen LogP contribution in [-0.2, 0) is 12.8 Å². The zero-order valence-electron chi connectivity index (χ0n) is 11.5. The van der Waals surface area contributed by atoms with Crippen molar-refractivity contribution in [3.63, 3.8) is 0 Å². The molecule has 0 spiro atoms. The van der Waals surface area contributed by atoms with Crippen molar-refractivity contribution in [2.75, 3.05) is 0 Å². The Morgan fingerprint density at radius 1 is 0.842 bits per heavy atom. The highest BCUT2D eigenvalue weighted by Gasteiger charge is 2.18. The Hall–Kier alpha value is -1.50.